The summed E-state index contributed by atoms with van der Waals surface area (Å²) in [6.07, 6.45) is 5.65. The molecular formula is C12H21N5O. The van der Waals surface area contributed by atoms with Crippen LogP contribution in [0.1, 0.15) is 26.2 Å². The van der Waals surface area contributed by atoms with E-state index >= 15 is 0 Å². The van der Waals surface area contributed by atoms with Crippen LogP contribution in [0.3, 0.4) is 0 Å². The summed E-state index contributed by atoms with van der Waals surface area (Å²) in [5.41, 5.74) is 0.183. The number of aryl methyl sites for hydroxylation is 1. The molecule has 0 unspecified atom stereocenters. The number of likely N-dealkylation sites (tertiary alicyclic amines) is 1. The second kappa shape index (κ2) is 5.48. The van der Waals surface area contributed by atoms with Crippen molar-refractivity contribution in [1.82, 2.24) is 25.0 Å². The van der Waals surface area contributed by atoms with Crippen molar-refractivity contribution in [3.63, 3.8) is 0 Å². The average molecular weight is 251 g/mol. The number of aromatic nitrogens is 3. The standard InChI is InChI=1S/C12H21N5O/c1-12(13-2)4-7-16(8-5-12)11(18)3-6-17-10-14-9-15-17/h9-10,13H,3-8H2,1-2H3. The molecule has 1 aliphatic rings. The van der Waals surface area contributed by atoms with Crippen LogP contribution in [0.4, 0.5) is 0 Å². The number of nitrogens with zero attached hydrogens (tertiary/aromatic N) is 4. The van der Waals surface area contributed by atoms with Crippen LogP contribution in [0.5, 0.6) is 0 Å². The van der Waals surface area contributed by atoms with Crippen molar-refractivity contribution in [2.24, 2.45) is 0 Å². The van der Waals surface area contributed by atoms with Crippen LogP contribution in [-0.2, 0) is 11.3 Å². The molecule has 1 aromatic heterocycles. The molecule has 1 aliphatic heterocycles. The fourth-order valence-corrected chi connectivity index (χ4v) is 2.22. The molecule has 1 fully saturated rings. The van der Waals surface area contributed by atoms with Crippen molar-refractivity contribution in [3.8, 4) is 0 Å². The number of carbonyl (C=O) groups is 1. The van der Waals surface area contributed by atoms with E-state index in [1.165, 1.54) is 6.33 Å². The number of hydrogen-bond donors (Lipinski definition) is 1. The highest BCUT2D eigenvalue weighted by molar-refractivity contribution is 5.76. The Morgan fingerprint density at radius 2 is 2.17 bits per heavy atom. The van der Waals surface area contributed by atoms with Crippen LogP contribution in [0, 0.1) is 0 Å². The minimum absolute atomic E-state index is 0.183. The van der Waals surface area contributed by atoms with Gasteiger partial charge in [0.25, 0.3) is 0 Å². The van der Waals surface area contributed by atoms with E-state index in [4.69, 9.17) is 0 Å². The highest BCUT2D eigenvalue weighted by atomic mass is 16.2. The van der Waals surface area contributed by atoms with Crippen molar-refractivity contribution < 1.29 is 4.79 Å². The first-order valence-corrected chi connectivity index (χ1v) is 6.42. The summed E-state index contributed by atoms with van der Waals surface area (Å²) in [7, 11) is 1.99. The zero-order valence-corrected chi connectivity index (χ0v) is 11.1. The predicted octanol–water partition coefficient (Wildman–Crippen LogP) is 0.269. The van der Waals surface area contributed by atoms with Gasteiger partial charge >= 0.3 is 0 Å². The summed E-state index contributed by atoms with van der Waals surface area (Å²) in [6, 6.07) is 0. The van der Waals surface area contributed by atoms with E-state index in [-0.39, 0.29) is 11.4 Å². The first-order chi connectivity index (χ1) is 8.63. The smallest absolute Gasteiger partial charge is 0.224 e. The molecule has 0 atom stereocenters. The van der Waals surface area contributed by atoms with E-state index < -0.39 is 0 Å². The lowest BCUT2D eigenvalue weighted by Crippen LogP contribution is -2.51. The van der Waals surface area contributed by atoms with Gasteiger partial charge in [-0.05, 0) is 26.8 Å². The van der Waals surface area contributed by atoms with E-state index in [2.05, 4.69) is 22.3 Å². The Morgan fingerprint density at radius 3 is 2.72 bits per heavy atom. The fraction of sp³-hybridized carbons (Fsp3) is 0.750. The lowest BCUT2D eigenvalue weighted by molar-refractivity contribution is -0.133. The monoisotopic (exact) mass is 251 g/mol. The second-order valence-electron chi connectivity index (χ2n) is 5.10. The highest BCUT2D eigenvalue weighted by Gasteiger charge is 2.29. The van der Waals surface area contributed by atoms with Gasteiger partial charge in [-0.1, -0.05) is 0 Å². The predicted molar refractivity (Wildman–Crippen MR) is 67.9 cm³/mol. The lowest BCUT2D eigenvalue weighted by atomic mass is 9.90. The SMILES string of the molecule is CNC1(C)CCN(C(=O)CCn2cncn2)CC1. The Morgan fingerprint density at radius 1 is 1.44 bits per heavy atom. The Hall–Kier alpha value is -1.43. The topological polar surface area (TPSA) is 63.1 Å². The van der Waals surface area contributed by atoms with E-state index in [0.29, 0.717) is 13.0 Å². The summed E-state index contributed by atoms with van der Waals surface area (Å²) < 4.78 is 1.69. The molecule has 0 radical (unpaired) electrons. The summed E-state index contributed by atoms with van der Waals surface area (Å²) in [5, 5.41) is 7.33. The van der Waals surface area contributed by atoms with Gasteiger partial charge in [-0.2, -0.15) is 5.10 Å². The number of nitrogens with one attached hydrogen (secondary N) is 1. The molecule has 1 N–H and O–H groups in total. The van der Waals surface area contributed by atoms with Crippen LogP contribution in [0.2, 0.25) is 0 Å². The van der Waals surface area contributed by atoms with Crippen molar-refractivity contribution in [3.05, 3.63) is 12.7 Å². The average Bonchev–Trinajstić information content (AvgIpc) is 2.90. The zero-order valence-electron chi connectivity index (χ0n) is 11.1. The third-order valence-corrected chi connectivity index (χ3v) is 3.84. The molecule has 6 heteroatoms. The molecule has 6 nitrogen and oxygen atoms in total. The quantitative estimate of drug-likeness (QED) is 0.834. The first-order valence-electron chi connectivity index (χ1n) is 6.42. The van der Waals surface area contributed by atoms with Crippen LogP contribution >= 0.6 is 0 Å². The normalized spacial score (nSPS) is 18.9. The highest BCUT2D eigenvalue weighted by Crippen LogP contribution is 2.21. The maximum atomic E-state index is 12.0. The third-order valence-electron chi connectivity index (χ3n) is 3.84. The van der Waals surface area contributed by atoms with Crippen molar-refractivity contribution in [2.45, 2.75) is 38.3 Å². The van der Waals surface area contributed by atoms with Gasteiger partial charge < -0.3 is 10.2 Å². The van der Waals surface area contributed by atoms with Gasteiger partial charge in [-0.25, -0.2) is 4.98 Å². The van der Waals surface area contributed by atoms with Gasteiger partial charge in [0.1, 0.15) is 12.7 Å². The van der Waals surface area contributed by atoms with Crippen LogP contribution in [0.15, 0.2) is 12.7 Å². The van der Waals surface area contributed by atoms with Gasteiger partial charge in [-0.15, -0.1) is 0 Å². The minimum Gasteiger partial charge on any atom is -0.343 e. The molecule has 0 aromatic carbocycles. The zero-order chi connectivity index (χ0) is 13.0. The number of piperidine rings is 1. The minimum atomic E-state index is 0.183. The molecule has 1 aromatic rings. The van der Waals surface area contributed by atoms with Gasteiger partial charge in [0.2, 0.25) is 5.91 Å². The van der Waals surface area contributed by atoms with Crippen molar-refractivity contribution in [2.75, 3.05) is 20.1 Å². The molecule has 1 saturated heterocycles. The Bertz CT molecular complexity index is 381. The summed E-state index contributed by atoms with van der Waals surface area (Å²) >= 11 is 0. The van der Waals surface area contributed by atoms with E-state index in [1.807, 2.05) is 11.9 Å². The molecule has 2 heterocycles. The molecule has 0 saturated carbocycles. The van der Waals surface area contributed by atoms with Gasteiger partial charge in [0.05, 0.1) is 6.54 Å². The second-order valence-corrected chi connectivity index (χ2v) is 5.10. The fourth-order valence-electron chi connectivity index (χ4n) is 2.22. The van der Waals surface area contributed by atoms with Crippen molar-refractivity contribution >= 4 is 5.91 Å². The molecule has 0 spiro atoms. The number of hydrogen-bond acceptors (Lipinski definition) is 4. The van der Waals surface area contributed by atoms with Gasteiger partial charge in [0.15, 0.2) is 0 Å². The summed E-state index contributed by atoms with van der Waals surface area (Å²) in [6.45, 7) is 4.50. The van der Waals surface area contributed by atoms with E-state index in [9.17, 15) is 4.79 Å². The Kier molecular flexibility index (Phi) is 3.96. The maximum Gasteiger partial charge on any atom is 0.224 e. The molecule has 0 aliphatic carbocycles. The molecule has 2 rings (SSSR count). The van der Waals surface area contributed by atoms with Crippen LogP contribution in [-0.4, -0.2) is 51.2 Å². The molecule has 100 valence electrons. The maximum absolute atomic E-state index is 12.0. The first kappa shape index (κ1) is 13.0. The van der Waals surface area contributed by atoms with E-state index in [0.717, 1.165) is 25.9 Å². The molecule has 0 bridgehead atoms. The Labute approximate surface area is 107 Å². The number of amides is 1. The van der Waals surface area contributed by atoms with Gasteiger partial charge in [0, 0.05) is 25.0 Å². The molecule has 18 heavy (non-hydrogen) atoms. The molecule has 1 amide bonds. The largest absolute Gasteiger partial charge is 0.343 e. The molecular weight excluding hydrogens is 230 g/mol. The van der Waals surface area contributed by atoms with Gasteiger partial charge in [-0.3, -0.25) is 9.48 Å². The summed E-state index contributed by atoms with van der Waals surface area (Å²) in [4.78, 5) is 17.9. The van der Waals surface area contributed by atoms with E-state index in [1.54, 1.807) is 11.0 Å². The Balaban J connectivity index is 1.77. The summed E-state index contributed by atoms with van der Waals surface area (Å²) in [5.74, 6) is 0.212. The van der Waals surface area contributed by atoms with Crippen molar-refractivity contribution in [1.29, 1.82) is 0 Å². The number of rotatable bonds is 4. The lowest BCUT2D eigenvalue weighted by Gasteiger charge is -2.39. The number of carbonyl (C=O) groups excluding carboxylic acids is 1. The van der Waals surface area contributed by atoms with Crippen LogP contribution in [0.25, 0.3) is 0 Å². The third kappa shape index (κ3) is 3.07. The van der Waals surface area contributed by atoms with Crippen LogP contribution < -0.4 is 5.32 Å².